The zero-order chi connectivity index (χ0) is 15.0. The molecule has 0 aliphatic rings. The summed E-state index contributed by atoms with van der Waals surface area (Å²) >= 11 is 0. The molecular formula is C14H21N3O3. The van der Waals surface area contributed by atoms with Crippen LogP contribution in [0.3, 0.4) is 0 Å². The largest absolute Gasteiger partial charge is 0.483 e. The topological polar surface area (TPSA) is 93.4 Å². The molecule has 1 rings (SSSR count). The van der Waals surface area contributed by atoms with E-state index in [1.807, 2.05) is 30.4 Å². The number of benzene rings is 1. The first-order chi connectivity index (χ1) is 9.54. The van der Waals surface area contributed by atoms with Gasteiger partial charge in [-0.3, -0.25) is 10.1 Å². The van der Waals surface area contributed by atoms with Crippen molar-refractivity contribution in [3.05, 3.63) is 29.8 Å². The van der Waals surface area contributed by atoms with E-state index in [1.165, 1.54) is 0 Å². The molecular weight excluding hydrogens is 258 g/mol. The van der Waals surface area contributed by atoms with E-state index in [0.29, 0.717) is 5.75 Å². The van der Waals surface area contributed by atoms with Gasteiger partial charge in [0.1, 0.15) is 5.75 Å². The molecule has 0 fully saturated rings. The fourth-order valence-corrected chi connectivity index (χ4v) is 1.76. The van der Waals surface area contributed by atoms with Crippen molar-refractivity contribution in [2.45, 2.75) is 26.3 Å². The second-order valence-electron chi connectivity index (χ2n) is 4.41. The van der Waals surface area contributed by atoms with Crippen LogP contribution >= 0.6 is 0 Å². The van der Waals surface area contributed by atoms with Crippen molar-refractivity contribution in [3.8, 4) is 5.75 Å². The van der Waals surface area contributed by atoms with Crippen LogP contribution in [0.1, 0.15) is 31.9 Å². The summed E-state index contributed by atoms with van der Waals surface area (Å²) in [5, 5.41) is 5.31. The van der Waals surface area contributed by atoms with Crippen LogP contribution in [0.25, 0.3) is 0 Å². The molecule has 3 amide bonds. The summed E-state index contributed by atoms with van der Waals surface area (Å²) in [6.45, 7) is 4.77. The molecule has 0 aromatic heterocycles. The van der Waals surface area contributed by atoms with E-state index in [-0.39, 0.29) is 12.6 Å². The van der Waals surface area contributed by atoms with Crippen LogP contribution in [0.15, 0.2) is 24.3 Å². The number of ether oxygens (including phenoxy) is 1. The normalized spacial score (nSPS) is 11.7. The highest BCUT2D eigenvalue weighted by molar-refractivity contribution is 5.94. The second-order valence-corrected chi connectivity index (χ2v) is 4.41. The van der Waals surface area contributed by atoms with Gasteiger partial charge in [0, 0.05) is 11.6 Å². The monoisotopic (exact) mass is 279 g/mol. The summed E-state index contributed by atoms with van der Waals surface area (Å²) in [6, 6.07) is 6.70. The maximum absolute atomic E-state index is 11.3. The highest BCUT2D eigenvalue weighted by atomic mass is 16.5. The third-order valence-electron chi connectivity index (χ3n) is 2.71. The lowest BCUT2D eigenvalue weighted by Crippen LogP contribution is -2.38. The van der Waals surface area contributed by atoms with Crippen molar-refractivity contribution >= 4 is 11.9 Å². The number of imide groups is 1. The smallest absolute Gasteiger partial charge is 0.318 e. The van der Waals surface area contributed by atoms with Gasteiger partial charge in [-0.15, -0.1) is 0 Å². The third kappa shape index (κ3) is 5.27. The van der Waals surface area contributed by atoms with Gasteiger partial charge in [0.15, 0.2) is 6.61 Å². The van der Waals surface area contributed by atoms with Crippen LogP contribution in [0.2, 0.25) is 0 Å². The molecule has 0 radical (unpaired) electrons. The zero-order valence-corrected chi connectivity index (χ0v) is 11.8. The Balaban J connectivity index is 2.65. The van der Waals surface area contributed by atoms with E-state index in [9.17, 15) is 9.59 Å². The number of amides is 3. The molecule has 0 aliphatic carbocycles. The second kappa shape index (κ2) is 8.16. The Morgan fingerprint density at radius 3 is 2.70 bits per heavy atom. The SMILES string of the molecule is CCCNC(C)c1ccccc1OCC(=O)NC(N)=O. The molecule has 1 unspecified atom stereocenters. The molecule has 0 saturated heterocycles. The fraction of sp³-hybridized carbons (Fsp3) is 0.429. The summed E-state index contributed by atoms with van der Waals surface area (Å²) in [4.78, 5) is 21.9. The molecule has 4 N–H and O–H groups in total. The van der Waals surface area contributed by atoms with Gasteiger partial charge < -0.3 is 15.8 Å². The van der Waals surface area contributed by atoms with E-state index in [4.69, 9.17) is 10.5 Å². The van der Waals surface area contributed by atoms with Gasteiger partial charge in [-0.05, 0) is 26.0 Å². The van der Waals surface area contributed by atoms with Gasteiger partial charge in [0.25, 0.3) is 5.91 Å². The van der Waals surface area contributed by atoms with Crippen LogP contribution in [0, 0.1) is 0 Å². The van der Waals surface area contributed by atoms with E-state index < -0.39 is 11.9 Å². The summed E-state index contributed by atoms with van der Waals surface area (Å²) in [5.41, 5.74) is 5.82. The number of carbonyl (C=O) groups excluding carboxylic acids is 2. The average Bonchev–Trinajstić information content (AvgIpc) is 2.42. The molecule has 0 spiro atoms. The number of carbonyl (C=O) groups is 2. The van der Waals surface area contributed by atoms with Gasteiger partial charge in [0.2, 0.25) is 0 Å². The maximum atomic E-state index is 11.3. The van der Waals surface area contributed by atoms with Crippen molar-refractivity contribution in [2.24, 2.45) is 5.73 Å². The first-order valence-electron chi connectivity index (χ1n) is 6.59. The number of nitrogens with two attached hydrogens (primary N) is 1. The van der Waals surface area contributed by atoms with Crippen LogP contribution in [0.5, 0.6) is 5.75 Å². The summed E-state index contributed by atoms with van der Waals surface area (Å²) in [6.07, 6.45) is 1.04. The van der Waals surface area contributed by atoms with E-state index in [1.54, 1.807) is 6.07 Å². The van der Waals surface area contributed by atoms with Crippen LogP contribution in [-0.2, 0) is 4.79 Å². The lowest BCUT2D eigenvalue weighted by molar-refractivity contribution is -0.121. The van der Waals surface area contributed by atoms with E-state index in [2.05, 4.69) is 12.2 Å². The van der Waals surface area contributed by atoms with E-state index in [0.717, 1.165) is 18.5 Å². The molecule has 1 atom stereocenters. The first-order valence-corrected chi connectivity index (χ1v) is 6.59. The summed E-state index contributed by atoms with van der Waals surface area (Å²) < 4.78 is 5.44. The molecule has 20 heavy (non-hydrogen) atoms. The quantitative estimate of drug-likeness (QED) is 0.701. The third-order valence-corrected chi connectivity index (χ3v) is 2.71. The van der Waals surface area contributed by atoms with Gasteiger partial charge in [-0.2, -0.15) is 0 Å². The number of nitrogens with one attached hydrogen (secondary N) is 2. The van der Waals surface area contributed by atoms with Crippen molar-refractivity contribution < 1.29 is 14.3 Å². The van der Waals surface area contributed by atoms with Gasteiger partial charge in [0.05, 0.1) is 0 Å². The van der Waals surface area contributed by atoms with Crippen molar-refractivity contribution in [1.29, 1.82) is 0 Å². The minimum absolute atomic E-state index is 0.116. The predicted molar refractivity (Wildman–Crippen MR) is 76.4 cm³/mol. The Bertz CT molecular complexity index is 463. The van der Waals surface area contributed by atoms with E-state index >= 15 is 0 Å². The highest BCUT2D eigenvalue weighted by Crippen LogP contribution is 2.24. The van der Waals surface area contributed by atoms with Crippen LogP contribution < -0.4 is 21.1 Å². The number of urea groups is 1. The zero-order valence-electron chi connectivity index (χ0n) is 11.8. The van der Waals surface area contributed by atoms with Gasteiger partial charge >= 0.3 is 6.03 Å². The van der Waals surface area contributed by atoms with Gasteiger partial charge in [-0.1, -0.05) is 25.1 Å². The number of rotatable bonds is 7. The minimum atomic E-state index is -0.884. The summed E-state index contributed by atoms with van der Waals surface area (Å²) in [7, 11) is 0. The Kier molecular flexibility index (Phi) is 6.52. The average molecular weight is 279 g/mol. The molecule has 1 aromatic rings. The molecule has 0 bridgehead atoms. The minimum Gasteiger partial charge on any atom is -0.483 e. The number of primary amides is 1. The highest BCUT2D eigenvalue weighted by Gasteiger charge is 2.12. The maximum Gasteiger partial charge on any atom is 0.318 e. The van der Waals surface area contributed by atoms with Crippen molar-refractivity contribution in [2.75, 3.05) is 13.2 Å². The Morgan fingerprint density at radius 1 is 1.35 bits per heavy atom. The Labute approximate surface area is 118 Å². The van der Waals surface area contributed by atoms with Gasteiger partial charge in [-0.25, -0.2) is 4.79 Å². The van der Waals surface area contributed by atoms with Crippen LogP contribution in [-0.4, -0.2) is 25.1 Å². The molecule has 110 valence electrons. The summed E-state index contributed by atoms with van der Waals surface area (Å²) in [5.74, 6) is 0.0460. The molecule has 0 aliphatic heterocycles. The first kappa shape index (κ1) is 16.0. The number of hydrogen-bond acceptors (Lipinski definition) is 4. The fourth-order valence-electron chi connectivity index (χ4n) is 1.76. The lowest BCUT2D eigenvalue weighted by Gasteiger charge is -2.17. The predicted octanol–water partition coefficient (Wildman–Crippen LogP) is 1.32. The number of hydrogen-bond donors (Lipinski definition) is 3. The molecule has 0 heterocycles. The van der Waals surface area contributed by atoms with Crippen molar-refractivity contribution in [3.63, 3.8) is 0 Å². The molecule has 0 saturated carbocycles. The van der Waals surface area contributed by atoms with Crippen molar-refractivity contribution in [1.82, 2.24) is 10.6 Å². The molecule has 6 nitrogen and oxygen atoms in total. The standard InChI is InChI=1S/C14H21N3O3/c1-3-8-16-10(2)11-6-4-5-7-12(11)20-9-13(18)17-14(15)19/h4-7,10,16H,3,8-9H2,1-2H3,(H3,15,17,18,19). The lowest BCUT2D eigenvalue weighted by atomic mass is 10.1. The molecule has 1 aromatic carbocycles. The Hall–Kier alpha value is -2.08. The number of para-hydroxylation sites is 1. The van der Waals surface area contributed by atoms with Crippen LogP contribution in [0.4, 0.5) is 4.79 Å². The Morgan fingerprint density at radius 2 is 2.05 bits per heavy atom. The molecule has 6 heteroatoms.